The second-order valence-corrected chi connectivity index (χ2v) is 6.16. The molecule has 3 aromatic heterocycles. The summed E-state index contributed by atoms with van der Waals surface area (Å²) in [5, 5.41) is 7.22. The van der Waals surface area contributed by atoms with Crippen LogP contribution in [0.5, 0.6) is 0 Å². The van der Waals surface area contributed by atoms with Gasteiger partial charge < -0.3 is 14.5 Å². The molecule has 0 saturated carbocycles. The molecule has 4 heterocycles. The van der Waals surface area contributed by atoms with Crippen LogP contribution in [0.2, 0.25) is 0 Å². The van der Waals surface area contributed by atoms with E-state index < -0.39 is 0 Å². The fourth-order valence-electron chi connectivity index (χ4n) is 3.07. The molecule has 0 radical (unpaired) electrons. The molecule has 1 aliphatic heterocycles. The summed E-state index contributed by atoms with van der Waals surface area (Å²) in [5.41, 5.74) is 2.32. The van der Waals surface area contributed by atoms with E-state index in [4.69, 9.17) is 4.74 Å². The van der Waals surface area contributed by atoms with Crippen LogP contribution in [0.4, 0.5) is 5.69 Å². The normalized spacial score (nSPS) is 17.9. The summed E-state index contributed by atoms with van der Waals surface area (Å²) < 4.78 is 9.49. The van der Waals surface area contributed by atoms with Gasteiger partial charge in [-0.25, -0.2) is 0 Å². The predicted octanol–water partition coefficient (Wildman–Crippen LogP) is 2.96. The van der Waals surface area contributed by atoms with E-state index in [9.17, 15) is 4.79 Å². The SMILES string of the molecule is O=C(Nc1cnn(C[C@@H]2CCCCO2)c1)c1cc2ccccn2c1. The number of amides is 1. The van der Waals surface area contributed by atoms with Gasteiger partial charge in [0.1, 0.15) is 0 Å². The molecule has 0 spiro atoms. The number of aromatic nitrogens is 3. The lowest BCUT2D eigenvalue weighted by Gasteiger charge is -2.22. The van der Waals surface area contributed by atoms with E-state index in [0.717, 1.165) is 31.5 Å². The Morgan fingerprint density at radius 3 is 3.12 bits per heavy atom. The first-order valence-electron chi connectivity index (χ1n) is 8.30. The van der Waals surface area contributed by atoms with Gasteiger partial charge >= 0.3 is 0 Å². The molecule has 1 amide bonds. The monoisotopic (exact) mass is 324 g/mol. The van der Waals surface area contributed by atoms with Gasteiger partial charge in [-0.15, -0.1) is 0 Å². The molecule has 1 saturated heterocycles. The fraction of sp³-hybridized carbons (Fsp3) is 0.333. The number of carbonyl (C=O) groups is 1. The van der Waals surface area contributed by atoms with Crippen molar-refractivity contribution in [2.75, 3.05) is 11.9 Å². The molecule has 1 aliphatic rings. The van der Waals surface area contributed by atoms with Gasteiger partial charge in [0.05, 0.1) is 30.1 Å². The van der Waals surface area contributed by atoms with E-state index in [1.807, 2.05) is 51.9 Å². The molecular formula is C18H20N4O2. The number of rotatable bonds is 4. The molecule has 24 heavy (non-hydrogen) atoms. The minimum Gasteiger partial charge on any atom is -0.376 e. The van der Waals surface area contributed by atoms with Crippen molar-refractivity contribution in [1.29, 1.82) is 0 Å². The molecule has 0 bridgehead atoms. The number of hydrogen-bond acceptors (Lipinski definition) is 3. The van der Waals surface area contributed by atoms with Crippen LogP contribution in [0.3, 0.4) is 0 Å². The van der Waals surface area contributed by atoms with Crippen molar-refractivity contribution in [2.24, 2.45) is 0 Å². The maximum atomic E-state index is 12.4. The van der Waals surface area contributed by atoms with Crippen LogP contribution in [0.1, 0.15) is 29.6 Å². The second kappa shape index (κ2) is 6.49. The number of carbonyl (C=O) groups excluding carboxylic acids is 1. The van der Waals surface area contributed by atoms with Crippen molar-refractivity contribution in [3.05, 3.63) is 54.6 Å². The van der Waals surface area contributed by atoms with Crippen LogP contribution in [0.15, 0.2) is 49.1 Å². The average molecular weight is 324 g/mol. The zero-order valence-corrected chi connectivity index (χ0v) is 13.4. The highest BCUT2D eigenvalue weighted by Gasteiger charge is 2.15. The molecule has 0 unspecified atom stereocenters. The Bertz CT molecular complexity index is 812. The van der Waals surface area contributed by atoms with E-state index in [1.165, 1.54) is 6.42 Å². The Hall–Kier alpha value is -2.60. The maximum Gasteiger partial charge on any atom is 0.257 e. The minimum absolute atomic E-state index is 0.132. The van der Waals surface area contributed by atoms with Crippen molar-refractivity contribution in [1.82, 2.24) is 14.2 Å². The Balaban J connectivity index is 1.42. The van der Waals surface area contributed by atoms with Crippen LogP contribution >= 0.6 is 0 Å². The first-order valence-corrected chi connectivity index (χ1v) is 8.30. The molecule has 0 aliphatic carbocycles. The first kappa shape index (κ1) is 15.0. The van der Waals surface area contributed by atoms with E-state index in [-0.39, 0.29) is 12.0 Å². The van der Waals surface area contributed by atoms with Crippen LogP contribution in [-0.2, 0) is 11.3 Å². The quantitative estimate of drug-likeness (QED) is 0.802. The van der Waals surface area contributed by atoms with E-state index in [1.54, 1.807) is 6.20 Å². The third kappa shape index (κ3) is 3.19. The van der Waals surface area contributed by atoms with E-state index in [0.29, 0.717) is 11.3 Å². The van der Waals surface area contributed by atoms with Gasteiger partial charge in [-0.1, -0.05) is 6.07 Å². The number of pyridine rings is 1. The molecule has 0 aromatic carbocycles. The lowest BCUT2D eigenvalue weighted by atomic mass is 10.1. The smallest absolute Gasteiger partial charge is 0.257 e. The number of anilines is 1. The standard InChI is InChI=1S/C18H20N4O2/c23-18(14-9-16-5-1-3-7-21(16)11-14)20-15-10-19-22(12-15)13-17-6-2-4-8-24-17/h1,3,5,7,9-12,17H,2,4,6,8,13H2,(H,20,23)/t17-/m0/s1. The van der Waals surface area contributed by atoms with Gasteiger partial charge in [0, 0.05) is 30.7 Å². The van der Waals surface area contributed by atoms with Gasteiger partial charge in [-0.05, 0) is 37.5 Å². The number of ether oxygens (including phenoxy) is 1. The molecule has 124 valence electrons. The van der Waals surface area contributed by atoms with Crippen molar-refractivity contribution in [2.45, 2.75) is 31.9 Å². The fourth-order valence-corrected chi connectivity index (χ4v) is 3.07. The summed E-state index contributed by atoms with van der Waals surface area (Å²) >= 11 is 0. The highest BCUT2D eigenvalue weighted by Crippen LogP contribution is 2.16. The second-order valence-electron chi connectivity index (χ2n) is 6.16. The third-order valence-electron chi connectivity index (χ3n) is 4.32. The molecule has 1 N–H and O–H groups in total. The number of nitrogens with zero attached hydrogens (tertiary/aromatic N) is 3. The highest BCUT2D eigenvalue weighted by molar-refractivity contribution is 6.05. The molecule has 1 atom stereocenters. The lowest BCUT2D eigenvalue weighted by Crippen LogP contribution is -2.24. The maximum absolute atomic E-state index is 12.4. The van der Waals surface area contributed by atoms with Gasteiger partial charge in [0.15, 0.2) is 0 Å². The van der Waals surface area contributed by atoms with E-state index >= 15 is 0 Å². The van der Waals surface area contributed by atoms with Crippen LogP contribution < -0.4 is 5.32 Å². The summed E-state index contributed by atoms with van der Waals surface area (Å²) in [6.07, 6.45) is 10.9. The van der Waals surface area contributed by atoms with E-state index in [2.05, 4.69) is 10.4 Å². The van der Waals surface area contributed by atoms with Crippen molar-refractivity contribution in [3.8, 4) is 0 Å². The highest BCUT2D eigenvalue weighted by atomic mass is 16.5. The average Bonchev–Trinajstić information content (AvgIpc) is 3.22. The summed E-state index contributed by atoms with van der Waals surface area (Å²) in [5.74, 6) is -0.132. The number of nitrogens with one attached hydrogen (secondary N) is 1. The molecular weight excluding hydrogens is 304 g/mol. The predicted molar refractivity (Wildman–Crippen MR) is 91.2 cm³/mol. The lowest BCUT2D eigenvalue weighted by molar-refractivity contribution is 0.00401. The zero-order chi connectivity index (χ0) is 16.4. The van der Waals surface area contributed by atoms with Crippen LogP contribution in [0, 0.1) is 0 Å². The molecule has 6 nitrogen and oxygen atoms in total. The largest absolute Gasteiger partial charge is 0.376 e. The molecule has 3 aromatic rings. The Morgan fingerprint density at radius 1 is 1.33 bits per heavy atom. The molecule has 1 fully saturated rings. The Labute approximate surface area is 140 Å². The Kier molecular flexibility index (Phi) is 4.04. The minimum atomic E-state index is -0.132. The summed E-state index contributed by atoms with van der Waals surface area (Å²) in [7, 11) is 0. The topological polar surface area (TPSA) is 60.6 Å². The van der Waals surface area contributed by atoms with Crippen molar-refractivity contribution in [3.63, 3.8) is 0 Å². The van der Waals surface area contributed by atoms with Crippen molar-refractivity contribution < 1.29 is 9.53 Å². The van der Waals surface area contributed by atoms with Crippen LogP contribution in [-0.4, -0.2) is 32.8 Å². The Morgan fingerprint density at radius 2 is 2.29 bits per heavy atom. The van der Waals surface area contributed by atoms with Gasteiger partial charge in [0.25, 0.3) is 5.91 Å². The summed E-state index contributed by atoms with van der Waals surface area (Å²) in [6, 6.07) is 7.73. The van der Waals surface area contributed by atoms with Gasteiger partial charge in [-0.2, -0.15) is 5.10 Å². The third-order valence-corrected chi connectivity index (χ3v) is 4.32. The summed E-state index contributed by atoms with van der Waals surface area (Å²) in [6.45, 7) is 1.56. The zero-order valence-electron chi connectivity index (χ0n) is 13.4. The first-order chi connectivity index (χ1) is 11.8. The number of hydrogen-bond donors (Lipinski definition) is 1. The van der Waals surface area contributed by atoms with Gasteiger partial charge in [-0.3, -0.25) is 9.48 Å². The molecule has 4 rings (SSSR count). The summed E-state index contributed by atoms with van der Waals surface area (Å²) in [4.78, 5) is 12.4. The number of fused-ring (bicyclic) bond motifs is 1. The van der Waals surface area contributed by atoms with Crippen molar-refractivity contribution >= 4 is 17.1 Å². The molecule has 6 heteroatoms. The van der Waals surface area contributed by atoms with Gasteiger partial charge in [0.2, 0.25) is 0 Å². The van der Waals surface area contributed by atoms with Crippen LogP contribution in [0.25, 0.3) is 5.52 Å².